The molecule has 24 heavy (non-hydrogen) atoms. The molecule has 2 unspecified atom stereocenters. The number of ether oxygens (including phenoxy) is 1. The molecule has 1 aliphatic heterocycles. The molecule has 4 nitrogen and oxygen atoms in total. The number of Topliss-reactive ketones (excluding diaryl/α,β-unsaturated/α-hetero) is 1. The summed E-state index contributed by atoms with van der Waals surface area (Å²) in [5.41, 5.74) is 2.60. The molecule has 2 aliphatic rings. The standard InChI is InChI=1S/C20H19NO3/c1-3-17(22)15-11-13-9-8-12(2)10-14(13)20(15)19(23)24-18-7-5-4-6-16(18)21-20/h4-10,15,21H,3,11H2,1-2H3. The van der Waals surface area contributed by atoms with Crippen molar-refractivity contribution in [2.45, 2.75) is 32.2 Å². The third-order valence-corrected chi connectivity index (χ3v) is 5.12. The average Bonchev–Trinajstić information content (AvgIpc) is 2.90. The molecule has 1 aliphatic carbocycles. The van der Waals surface area contributed by atoms with Gasteiger partial charge < -0.3 is 10.1 Å². The van der Waals surface area contributed by atoms with Crippen LogP contribution in [0.3, 0.4) is 0 Å². The summed E-state index contributed by atoms with van der Waals surface area (Å²) in [7, 11) is 0. The van der Waals surface area contributed by atoms with Gasteiger partial charge in [0.2, 0.25) is 0 Å². The Morgan fingerprint density at radius 2 is 2.08 bits per heavy atom. The van der Waals surface area contributed by atoms with Gasteiger partial charge in [-0.2, -0.15) is 0 Å². The number of aryl methyl sites for hydroxylation is 1. The Bertz CT molecular complexity index is 858. The van der Waals surface area contributed by atoms with Crippen LogP contribution in [0.15, 0.2) is 42.5 Å². The fraction of sp³-hybridized carbons (Fsp3) is 0.300. The Hall–Kier alpha value is -2.62. The highest BCUT2D eigenvalue weighted by Gasteiger charge is 2.58. The summed E-state index contributed by atoms with van der Waals surface area (Å²) in [4.78, 5) is 25.7. The maximum absolute atomic E-state index is 13.0. The lowest BCUT2D eigenvalue weighted by atomic mass is 9.79. The second-order valence-corrected chi connectivity index (χ2v) is 6.56. The van der Waals surface area contributed by atoms with Gasteiger partial charge in [-0.1, -0.05) is 42.8 Å². The lowest BCUT2D eigenvalue weighted by Crippen LogP contribution is -2.54. The molecule has 0 saturated carbocycles. The van der Waals surface area contributed by atoms with Crippen molar-refractivity contribution in [2.24, 2.45) is 5.92 Å². The lowest BCUT2D eigenvalue weighted by Gasteiger charge is -2.39. The number of ketones is 1. The molecule has 0 aromatic heterocycles. The van der Waals surface area contributed by atoms with Gasteiger partial charge in [-0.3, -0.25) is 4.79 Å². The number of anilines is 1. The molecule has 1 spiro atoms. The van der Waals surface area contributed by atoms with Crippen molar-refractivity contribution in [1.82, 2.24) is 0 Å². The van der Waals surface area contributed by atoms with Gasteiger partial charge in [0.15, 0.2) is 11.3 Å². The zero-order valence-corrected chi connectivity index (χ0v) is 13.8. The zero-order chi connectivity index (χ0) is 16.9. The predicted molar refractivity (Wildman–Crippen MR) is 91.0 cm³/mol. The van der Waals surface area contributed by atoms with Crippen molar-refractivity contribution in [2.75, 3.05) is 5.32 Å². The normalized spacial score (nSPS) is 24.1. The van der Waals surface area contributed by atoms with Crippen molar-refractivity contribution in [3.63, 3.8) is 0 Å². The van der Waals surface area contributed by atoms with Crippen LogP contribution in [-0.2, 0) is 21.5 Å². The Balaban J connectivity index is 1.94. The summed E-state index contributed by atoms with van der Waals surface area (Å²) in [5.74, 6) is -0.248. The van der Waals surface area contributed by atoms with Gasteiger partial charge in [0.05, 0.1) is 11.6 Å². The lowest BCUT2D eigenvalue weighted by molar-refractivity contribution is -0.145. The number of rotatable bonds is 2. The first-order valence-corrected chi connectivity index (χ1v) is 8.28. The van der Waals surface area contributed by atoms with Crippen LogP contribution in [0.4, 0.5) is 5.69 Å². The quantitative estimate of drug-likeness (QED) is 0.680. The maximum atomic E-state index is 13.0. The SMILES string of the molecule is CCC(=O)C1Cc2ccc(C)cc2C12Nc1ccccc1OC2=O. The topological polar surface area (TPSA) is 55.4 Å². The van der Waals surface area contributed by atoms with E-state index in [2.05, 4.69) is 5.32 Å². The van der Waals surface area contributed by atoms with Gasteiger partial charge >= 0.3 is 5.97 Å². The zero-order valence-electron chi connectivity index (χ0n) is 13.8. The van der Waals surface area contributed by atoms with E-state index < -0.39 is 17.4 Å². The van der Waals surface area contributed by atoms with Crippen LogP contribution >= 0.6 is 0 Å². The van der Waals surface area contributed by atoms with Crippen molar-refractivity contribution >= 4 is 17.4 Å². The molecule has 0 fully saturated rings. The smallest absolute Gasteiger partial charge is 0.342 e. The number of fused-ring (bicyclic) bond motifs is 3. The predicted octanol–water partition coefficient (Wildman–Crippen LogP) is 3.37. The first kappa shape index (κ1) is 14.9. The van der Waals surface area contributed by atoms with Crippen LogP contribution < -0.4 is 10.1 Å². The molecule has 0 amide bonds. The molecule has 2 aromatic carbocycles. The number of carbonyl (C=O) groups excluding carboxylic acids is 2. The van der Waals surface area contributed by atoms with Gasteiger partial charge in [0, 0.05) is 6.42 Å². The largest absolute Gasteiger partial charge is 0.422 e. The molecule has 1 N–H and O–H groups in total. The molecule has 0 radical (unpaired) electrons. The highest BCUT2D eigenvalue weighted by molar-refractivity contribution is 6.00. The summed E-state index contributed by atoms with van der Waals surface area (Å²) in [6.45, 7) is 3.83. The molecule has 2 aromatic rings. The van der Waals surface area contributed by atoms with E-state index in [1.54, 1.807) is 6.07 Å². The summed E-state index contributed by atoms with van der Waals surface area (Å²) >= 11 is 0. The molecule has 122 valence electrons. The number of hydrogen-bond donors (Lipinski definition) is 1. The van der Waals surface area contributed by atoms with Crippen molar-refractivity contribution in [1.29, 1.82) is 0 Å². The third-order valence-electron chi connectivity index (χ3n) is 5.12. The maximum Gasteiger partial charge on any atom is 0.342 e. The van der Waals surface area contributed by atoms with Crippen LogP contribution in [0, 0.1) is 12.8 Å². The minimum atomic E-state index is -1.12. The summed E-state index contributed by atoms with van der Waals surface area (Å²) in [6, 6.07) is 13.4. The molecular weight excluding hydrogens is 302 g/mol. The number of esters is 1. The van der Waals surface area contributed by atoms with Crippen LogP contribution in [0.1, 0.15) is 30.0 Å². The fourth-order valence-electron chi connectivity index (χ4n) is 3.91. The summed E-state index contributed by atoms with van der Waals surface area (Å²) < 4.78 is 5.64. The number of carbonyl (C=O) groups is 2. The minimum absolute atomic E-state index is 0.0766. The Morgan fingerprint density at radius 1 is 1.29 bits per heavy atom. The molecule has 0 saturated heterocycles. The van der Waals surface area contributed by atoms with E-state index in [0.717, 1.165) is 22.4 Å². The molecule has 0 bridgehead atoms. The minimum Gasteiger partial charge on any atom is -0.422 e. The Labute approximate surface area is 140 Å². The van der Waals surface area contributed by atoms with Crippen LogP contribution in [-0.4, -0.2) is 11.8 Å². The van der Waals surface area contributed by atoms with Crippen molar-refractivity contribution in [3.05, 3.63) is 59.2 Å². The first-order chi connectivity index (χ1) is 11.6. The van der Waals surface area contributed by atoms with Gasteiger partial charge in [0.25, 0.3) is 0 Å². The average molecular weight is 321 g/mol. The van der Waals surface area contributed by atoms with E-state index in [0.29, 0.717) is 18.6 Å². The van der Waals surface area contributed by atoms with E-state index >= 15 is 0 Å². The monoisotopic (exact) mass is 321 g/mol. The summed E-state index contributed by atoms with van der Waals surface area (Å²) in [5, 5.41) is 3.38. The van der Waals surface area contributed by atoms with Gasteiger partial charge in [-0.25, -0.2) is 4.79 Å². The van der Waals surface area contributed by atoms with E-state index in [1.165, 1.54) is 0 Å². The van der Waals surface area contributed by atoms with Crippen molar-refractivity contribution in [3.8, 4) is 5.75 Å². The van der Waals surface area contributed by atoms with E-state index in [-0.39, 0.29) is 5.78 Å². The second kappa shape index (κ2) is 5.20. The molecule has 2 atom stereocenters. The second-order valence-electron chi connectivity index (χ2n) is 6.56. The fourth-order valence-corrected chi connectivity index (χ4v) is 3.91. The van der Waals surface area contributed by atoms with E-state index in [9.17, 15) is 9.59 Å². The Kier molecular flexibility index (Phi) is 3.23. The first-order valence-electron chi connectivity index (χ1n) is 8.28. The van der Waals surface area contributed by atoms with E-state index in [1.807, 2.05) is 50.2 Å². The van der Waals surface area contributed by atoms with Gasteiger partial charge in [-0.05, 0) is 36.6 Å². The van der Waals surface area contributed by atoms with E-state index in [4.69, 9.17) is 4.74 Å². The number of para-hydroxylation sites is 2. The highest BCUT2D eigenvalue weighted by atomic mass is 16.5. The number of nitrogens with one attached hydrogen (secondary N) is 1. The number of benzene rings is 2. The van der Waals surface area contributed by atoms with Crippen LogP contribution in [0.2, 0.25) is 0 Å². The molecule has 4 rings (SSSR count). The highest BCUT2D eigenvalue weighted by Crippen LogP contribution is 2.49. The van der Waals surface area contributed by atoms with Crippen molar-refractivity contribution < 1.29 is 14.3 Å². The van der Waals surface area contributed by atoms with Gasteiger partial charge in [0.1, 0.15) is 5.78 Å². The Morgan fingerprint density at radius 3 is 2.88 bits per heavy atom. The molecular formula is C20H19NO3. The van der Waals surface area contributed by atoms with Crippen LogP contribution in [0.5, 0.6) is 5.75 Å². The number of hydrogen-bond acceptors (Lipinski definition) is 4. The molecule has 4 heteroatoms. The van der Waals surface area contributed by atoms with Crippen LogP contribution in [0.25, 0.3) is 0 Å². The third kappa shape index (κ3) is 1.92. The summed E-state index contributed by atoms with van der Waals surface area (Å²) in [6.07, 6.45) is 0.961. The van der Waals surface area contributed by atoms with Gasteiger partial charge in [-0.15, -0.1) is 0 Å². The molecule has 1 heterocycles.